The van der Waals surface area contributed by atoms with E-state index in [1.165, 1.54) is 0 Å². The average molecular weight is 294 g/mol. The van der Waals surface area contributed by atoms with E-state index in [1.54, 1.807) is 11.9 Å². The van der Waals surface area contributed by atoms with Gasteiger partial charge in [0.2, 0.25) is 0 Å². The number of thiol groups is 1. The van der Waals surface area contributed by atoms with Gasteiger partial charge in [-0.3, -0.25) is 4.79 Å². The first-order valence-corrected chi connectivity index (χ1v) is 8.20. The average Bonchev–Trinajstić information content (AvgIpc) is 2.35. The van der Waals surface area contributed by atoms with Gasteiger partial charge in [-0.1, -0.05) is 0 Å². The van der Waals surface area contributed by atoms with Gasteiger partial charge in [0, 0.05) is 50.2 Å². The third-order valence-electron chi connectivity index (χ3n) is 2.85. The van der Waals surface area contributed by atoms with Gasteiger partial charge >= 0.3 is 0 Å². The fourth-order valence-electron chi connectivity index (χ4n) is 1.34. The van der Waals surface area contributed by atoms with Crippen LogP contribution in [0.25, 0.3) is 0 Å². The number of nitrogens with zero attached hydrogens (tertiary/aromatic N) is 2. The molecule has 0 aromatic carbocycles. The second kappa shape index (κ2) is 11.0. The summed E-state index contributed by atoms with van der Waals surface area (Å²) < 4.78 is 5.54. The highest BCUT2D eigenvalue weighted by atomic mass is 33.1. The summed E-state index contributed by atoms with van der Waals surface area (Å²) in [4.78, 5) is 15.1. The van der Waals surface area contributed by atoms with Crippen LogP contribution < -0.4 is 0 Å². The van der Waals surface area contributed by atoms with Crippen LogP contribution in [0.5, 0.6) is 0 Å². The second-order valence-electron chi connectivity index (χ2n) is 4.67. The standard InChI is InChI=1S/C12H26N2O2S2/c1-11(2)13(3)7-5-9-16-10-6-8-14(4)12(15)18-17/h11,17H,5-10H2,1-4H3. The Balaban J connectivity index is 3.34. The summed E-state index contributed by atoms with van der Waals surface area (Å²) in [5.41, 5.74) is 0. The third kappa shape index (κ3) is 9.08. The molecule has 0 atom stereocenters. The summed E-state index contributed by atoms with van der Waals surface area (Å²) in [5, 5.41) is -0.0168. The zero-order valence-electron chi connectivity index (χ0n) is 11.9. The first-order valence-electron chi connectivity index (χ1n) is 6.33. The summed E-state index contributed by atoms with van der Waals surface area (Å²) in [6.45, 7) is 7.65. The molecule has 0 rings (SSSR count). The molecule has 6 heteroatoms. The van der Waals surface area contributed by atoms with Gasteiger partial charge in [0.25, 0.3) is 5.24 Å². The molecule has 0 heterocycles. The number of amides is 1. The molecular formula is C12H26N2O2S2. The number of ether oxygens (including phenoxy) is 1. The van der Waals surface area contributed by atoms with Crippen molar-refractivity contribution in [3.05, 3.63) is 0 Å². The minimum absolute atomic E-state index is 0.0168. The second-order valence-corrected chi connectivity index (χ2v) is 5.75. The largest absolute Gasteiger partial charge is 0.381 e. The minimum atomic E-state index is -0.0168. The molecule has 0 radical (unpaired) electrons. The van der Waals surface area contributed by atoms with Crippen LogP contribution >= 0.6 is 22.5 Å². The van der Waals surface area contributed by atoms with Crippen molar-refractivity contribution in [3.8, 4) is 0 Å². The van der Waals surface area contributed by atoms with Crippen LogP contribution in [0.15, 0.2) is 0 Å². The molecule has 0 saturated carbocycles. The Labute approximate surface area is 120 Å². The maximum absolute atomic E-state index is 11.2. The maximum Gasteiger partial charge on any atom is 0.291 e. The molecule has 0 aromatic rings. The highest BCUT2D eigenvalue weighted by Crippen LogP contribution is 2.10. The van der Waals surface area contributed by atoms with E-state index in [0.29, 0.717) is 12.6 Å². The predicted octanol–water partition coefficient (Wildman–Crippen LogP) is 2.75. The molecular weight excluding hydrogens is 268 g/mol. The van der Waals surface area contributed by atoms with Crippen LogP contribution in [0.2, 0.25) is 0 Å². The van der Waals surface area contributed by atoms with Gasteiger partial charge in [0.05, 0.1) is 0 Å². The number of carbonyl (C=O) groups is 1. The summed E-state index contributed by atoms with van der Waals surface area (Å²) in [6, 6.07) is 0.586. The topological polar surface area (TPSA) is 32.8 Å². The molecule has 0 aliphatic heterocycles. The first kappa shape index (κ1) is 18.1. The Bertz CT molecular complexity index is 228. The lowest BCUT2D eigenvalue weighted by atomic mass is 10.3. The molecule has 108 valence electrons. The van der Waals surface area contributed by atoms with Crippen LogP contribution in [0.1, 0.15) is 26.7 Å². The molecule has 0 saturated heterocycles. The number of hydrogen-bond acceptors (Lipinski definition) is 5. The van der Waals surface area contributed by atoms with Crippen LogP contribution in [0.3, 0.4) is 0 Å². The van der Waals surface area contributed by atoms with Crippen molar-refractivity contribution in [3.63, 3.8) is 0 Å². The van der Waals surface area contributed by atoms with E-state index in [0.717, 1.165) is 43.3 Å². The fourth-order valence-corrected chi connectivity index (χ4v) is 1.99. The lowest BCUT2D eigenvalue weighted by Gasteiger charge is -2.20. The van der Waals surface area contributed by atoms with Crippen LogP contribution in [0, 0.1) is 0 Å². The van der Waals surface area contributed by atoms with Gasteiger partial charge < -0.3 is 14.5 Å². The number of carbonyl (C=O) groups excluding carboxylic acids is 1. The summed E-state index contributed by atoms with van der Waals surface area (Å²) in [7, 11) is 4.85. The van der Waals surface area contributed by atoms with E-state index in [-0.39, 0.29) is 5.24 Å². The van der Waals surface area contributed by atoms with Crippen molar-refractivity contribution in [2.75, 3.05) is 40.4 Å². The van der Waals surface area contributed by atoms with Crippen molar-refractivity contribution < 1.29 is 9.53 Å². The highest BCUT2D eigenvalue weighted by Gasteiger charge is 2.06. The van der Waals surface area contributed by atoms with E-state index in [2.05, 4.69) is 37.5 Å². The highest BCUT2D eigenvalue weighted by molar-refractivity contribution is 8.74. The van der Waals surface area contributed by atoms with Crippen molar-refractivity contribution >= 4 is 27.7 Å². The Morgan fingerprint density at radius 2 is 1.78 bits per heavy atom. The number of hydrogen-bond donors (Lipinski definition) is 1. The molecule has 0 aromatic heterocycles. The molecule has 0 spiro atoms. The smallest absolute Gasteiger partial charge is 0.291 e. The van der Waals surface area contributed by atoms with Gasteiger partial charge in [-0.05, 0) is 33.7 Å². The predicted molar refractivity (Wildman–Crippen MR) is 82.4 cm³/mol. The van der Waals surface area contributed by atoms with E-state index in [4.69, 9.17) is 4.74 Å². The SMILES string of the molecule is CC(C)N(C)CCCOCCCN(C)C(=O)SS. The summed E-state index contributed by atoms with van der Waals surface area (Å²) in [5.74, 6) is 0. The zero-order chi connectivity index (χ0) is 14.0. The van der Waals surface area contributed by atoms with Crippen molar-refractivity contribution in [1.82, 2.24) is 9.80 Å². The Morgan fingerprint density at radius 1 is 1.22 bits per heavy atom. The van der Waals surface area contributed by atoms with Gasteiger partial charge in [-0.15, -0.1) is 11.7 Å². The molecule has 0 aliphatic rings. The fraction of sp³-hybridized carbons (Fsp3) is 0.917. The quantitative estimate of drug-likeness (QED) is 0.403. The normalized spacial score (nSPS) is 11.3. The molecule has 18 heavy (non-hydrogen) atoms. The van der Waals surface area contributed by atoms with Gasteiger partial charge in [0.1, 0.15) is 0 Å². The van der Waals surface area contributed by atoms with Crippen molar-refractivity contribution in [2.24, 2.45) is 0 Å². The Hall–Kier alpha value is 0.0900. The van der Waals surface area contributed by atoms with Gasteiger partial charge in [-0.2, -0.15) is 0 Å². The van der Waals surface area contributed by atoms with Crippen LogP contribution in [0.4, 0.5) is 4.79 Å². The lowest BCUT2D eigenvalue weighted by Crippen LogP contribution is -2.28. The van der Waals surface area contributed by atoms with Crippen LogP contribution in [-0.2, 0) is 4.74 Å². The molecule has 0 fully saturated rings. The summed E-state index contributed by atoms with van der Waals surface area (Å²) in [6.07, 6.45) is 1.92. The van der Waals surface area contributed by atoms with Gasteiger partial charge in [-0.25, -0.2) is 0 Å². The Morgan fingerprint density at radius 3 is 2.28 bits per heavy atom. The Kier molecular flexibility index (Phi) is 11.0. The molecule has 0 bridgehead atoms. The van der Waals surface area contributed by atoms with E-state index >= 15 is 0 Å². The van der Waals surface area contributed by atoms with Crippen molar-refractivity contribution in [1.29, 1.82) is 0 Å². The monoisotopic (exact) mass is 294 g/mol. The summed E-state index contributed by atoms with van der Waals surface area (Å²) >= 11 is 3.87. The van der Waals surface area contributed by atoms with E-state index in [1.807, 2.05) is 0 Å². The minimum Gasteiger partial charge on any atom is -0.381 e. The third-order valence-corrected chi connectivity index (χ3v) is 3.79. The molecule has 1 amide bonds. The number of rotatable bonds is 9. The van der Waals surface area contributed by atoms with Gasteiger partial charge in [0.15, 0.2) is 0 Å². The lowest BCUT2D eigenvalue weighted by molar-refractivity contribution is 0.114. The zero-order valence-corrected chi connectivity index (χ0v) is 13.6. The molecule has 0 N–H and O–H groups in total. The molecule has 0 aliphatic carbocycles. The van der Waals surface area contributed by atoms with Crippen LogP contribution in [-0.4, -0.2) is 61.5 Å². The first-order chi connectivity index (χ1) is 8.49. The van der Waals surface area contributed by atoms with E-state index < -0.39 is 0 Å². The maximum atomic E-state index is 11.2. The molecule has 4 nitrogen and oxygen atoms in total. The molecule has 0 unspecified atom stereocenters. The van der Waals surface area contributed by atoms with Crippen molar-refractivity contribution in [2.45, 2.75) is 32.7 Å². The van der Waals surface area contributed by atoms with E-state index in [9.17, 15) is 4.79 Å².